The molecule has 1 amide bonds. The molecule has 1 heterocycles. The third-order valence-corrected chi connectivity index (χ3v) is 5.38. The number of nitrogens with zero attached hydrogens (tertiary/aromatic N) is 1. The molecular weight excluding hydrogens is 256 g/mol. The van der Waals surface area contributed by atoms with Crippen LogP contribution in [0.1, 0.15) is 58.8 Å². The van der Waals surface area contributed by atoms with Crippen molar-refractivity contribution >= 4 is 23.1 Å². The molecule has 2 aliphatic rings. The minimum atomic E-state index is -0.539. The molecule has 1 aliphatic carbocycles. The van der Waals surface area contributed by atoms with Crippen molar-refractivity contribution in [2.45, 2.75) is 64.8 Å². The van der Waals surface area contributed by atoms with Crippen LogP contribution in [0.4, 0.5) is 0 Å². The second-order valence-corrected chi connectivity index (χ2v) is 6.92. The van der Waals surface area contributed by atoms with Crippen molar-refractivity contribution in [1.29, 1.82) is 0 Å². The van der Waals surface area contributed by atoms with E-state index in [-0.39, 0.29) is 5.91 Å². The number of piperidine rings is 1. The summed E-state index contributed by atoms with van der Waals surface area (Å²) < 4.78 is 0. The molecule has 2 unspecified atom stereocenters. The lowest BCUT2D eigenvalue weighted by molar-refractivity contribution is -0.143. The van der Waals surface area contributed by atoms with E-state index in [1.54, 1.807) is 0 Å². The van der Waals surface area contributed by atoms with Gasteiger partial charge < -0.3 is 10.6 Å². The van der Waals surface area contributed by atoms with E-state index in [0.717, 1.165) is 45.1 Å². The topological polar surface area (TPSA) is 46.3 Å². The van der Waals surface area contributed by atoms with Gasteiger partial charge in [0.15, 0.2) is 0 Å². The zero-order valence-electron chi connectivity index (χ0n) is 12.2. The van der Waals surface area contributed by atoms with E-state index in [1.807, 2.05) is 4.90 Å². The normalized spacial score (nSPS) is 30.9. The van der Waals surface area contributed by atoms with Crippen LogP contribution in [0.25, 0.3) is 0 Å². The number of thiocarbonyl (C=S) groups is 1. The highest BCUT2D eigenvalue weighted by molar-refractivity contribution is 7.80. The van der Waals surface area contributed by atoms with Crippen molar-refractivity contribution in [1.82, 2.24) is 4.90 Å². The highest BCUT2D eigenvalue weighted by Gasteiger charge is 2.46. The number of carbonyl (C=O) groups excluding carboxylic acids is 1. The van der Waals surface area contributed by atoms with Crippen LogP contribution in [-0.4, -0.2) is 28.4 Å². The number of nitrogens with two attached hydrogens (primary N) is 1. The lowest BCUT2D eigenvalue weighted by atomic mass is 9.72. The van der Waals surface area contributed by atoms with Crippen molar-refractivity contribution in [3.05, 3.63) is 0 Å². The van der Waals surface area contributed by atoms with Gasteiger partial charge in [0, 0.05) is 12.6 Å². The number of carbonyl (C=O) groups is 1. The van der Waals surface area contributed by atoms with E-state index in [2.05, 4.69) is 13.8 Å². The predicted molar refractivity (Wildman–Crippen MR) is 81.9 cm³/mol. The second kappa shape index (κ2) is 5.78. The minimum absolute atomic E-state index is 0.208. The highest BCUT2D eigenvalue weighted by atomic mass is 32.1. The fourth-order valence-corrected chi connectivity index (χ4v) is 4.00. The Balaban J connectivity index is 2.18. The minimum Gasteiger partial charge on any atom is -0.392 e. The SMILES string of the molecule is CC1CCN(C(=O)C2(C(N)=S)CCCCC2)C(C)C1. The van der Waals surface area contributed by atoms with Gasteiger partial charge >= 0.3 is 0 Å². The van der Waals surface area contributed by atoms with Gasteiger partial charge in [-0.3, -0.25) is 4.79 Å². The summed E-state index contributed by atoms with van der Waals surface area (Å²) in [7, 11) is 0. The summed E-state index contributed by atoms with van der Waals surface area (Å²) in [6, 6.07) is 0.324. The van der Waals surface area contributed by atoms with E-state index >= 15 is 0 Å². The molecule has 0 aromatic carbocycles. The van der Waals surface area contributed by atoms with Crippen LogP contribution < -0.4 is 5.73 Å². The highest BCUT2D eigenvalue weighted by Crippen LogP contribution is 2.40. The Morgan fingerprint density at radius 3 is 2.42 bits per heavy atom. The first-order valence-corrected chi connectivity index (χ1v) is 7.99. The Hall–Kier alpha value is -0.640. The van der Waals surface area contributed by atoms with Crippen LogP contribution in [0, 0.1) is 11.3 Å². The van der Waals surface area contributed by atoms with Crippen molar-refractivity contribution in [3.63, 3.8) is 0 Å². The zero-order chi connectivity index (χ0) is 14.0. The molecule has 0 spiro atoms. The molecule has 2 atom stereocenters. The average molecular weight is 282 g/mol. The Kier molecular flexibility index (Phi) is 4.49. The van der Waals surface area contributed by atoms with Gasteiger partial charge in [-0.2, -0.15) is 0 Å². The summed E-state index contributed by atoms with van der Waals surface area (Å²) in [4.78, 5) is 15.5. The summed E-state index contributed by atoms with van der Waals surface area (Å²) in [5.74, 6) is 0.922. The first-order valence-electron chi connectivity index (χ1n) is 7.58. The Morgan fingerprint density at radius 2 is 1.89 bits per heavy atom. The van der Waals surface area contributed by atoms with Crippen LogP contribution in [-0.2, 0) is 4.79 Å². The molecule has 1 saturated heterocycles. The third kappa shape index (κ3) is 2.78. The molecule has 2 fully saturated rings. The van der Waals surface area contributed by atoms with E-state index in [1.165, 1.54) is 6.42 Å². The predicted octanol–water partition coefficient (Wildman–Crippen LogP) is 2.87. The molecule has 0 bridgehead atoms. The van der Waals surface area contributed by atoms with E-state index < -0.39 is 5.41 Å². The molecule has 1 saturated carbocycles. The fraction of sp³-hybridized carbons (Fsp3) is 0.867. The fourth-order valence-electron chi connectivity index (χ4n) is 3.70. The van der Waals surface area contributed by atoms with Gasteiger partial charge in [0.05, 0.1) is 10.4 Å². The van der Waals surface area contributed by atoms with Crippen LogP contribution in [0.2, 0.25) is 0 Å². The van der Waals surface area contributed by atoms with Gasteiger partial charge in [-0.25, -0.2) is 0 Å². The van der Waals surface area contributed by atoms with Crippen LogP contribution in [0.5, 0.6) is 0 Å². The molecule has 4 heteroatoms. The van der Waals surface area contributed by atoms with Crippen LogP contribution in [0.3, 0.4) is 0 Å². The molecule has 0 aromatic heterocycles. The molecule has 19 heavy (non-hydrogen) atoms. The molecule has 2 N–H and O–H groups in total. The van der Waals surface area contributed by atoms with Crippen LogP contribution in [0.15, 0.2) is 0 Å². The monoisotopic (exact) mass is 282 g/mol. The number of rotatable bonds is 2. The smallest absolute Gasteiger partial charge is 0.235 e. The number of hydrogen-bond acceptors (Lipinski definition) is 2. The second-order valence-electron chi connectivity index (χ2n) is 6.48. The molecule has 2 rings (SSSR count). The Bertz CT molecular complexity index is 363. The third-order valence-electron chi connectivity index (χ3n) is 4.99. The quantitative estimate of drug-likeness (QED) is 0.792. The summed E-state index contributed by atoms with van der Waals surface area (Å²) in [6.07, 6.45) is 7.23. The van der Waals surface area contributed by atoms with Crippen molar-refractivity contribution in [3.8, 4) is 0 Å². The maximum absolute atomic E-state index is 13.0. The number of hydrogen-bond donors (Lipinski definition) is 1. The Morgan fingerprint density at radius 1 is 1.26 bits per heavy atom. The molecule has 0 radical (unpaired) electrons. The van der Waals surface area contributed by atoms with Crippen molar-refractivity contribution in [2.75, 3.05) is 6.54 Å². The lowest BCUT2D eigenvalue weighted by Crippen LogP contribution is -2.55. The van der Waals surface area contributed by atoms with Gasteiger partial charge in [0.25, 0.3) is 0 Å². The average Bonchev–Trinajstić information content (AvgIpc) is 2.38. The summed E-state index contributed by atoms with van der Waals surface area (Å²) in [6.45, 7) is 5.29. The molecule has 3 nitrogen and oxygen atoms in total. The molecule has 1 aliphatic heterocycles. The Labute approximate surface area is 121 Å². The maximum atomic E-state index is 13.0. The first kappa shape index (κ1) is 14.8. The molecule has 108 valence electrons. The molecular formula is C15H26N2OS. The van der Waals surface area contributed by atoms with E-state index in [9.17, 15) is 4.79 Å². The maximum Gasteiger partial charge on any atom is 0.235 e. The largest absolute Gasteiger partial charge is 0.392 e. The van der Waals surface area contributed by atoms with Gasteiger partial charge in [-0.1, -0.05) is 38.4 Å². The van der Waals surface area contributed by atoms with E-state index in [0.29, 0.717) is 16.9 Å². The number of amides is 1. The summed E-state index contributed by atoms with van der Waals surface area (Å²) in [5.41, 5.74) is 5.43. The lowest BCUT2D eigenvalue weighted by Gasteiger charge is -2.44. The van der Waals surface area contributed by atoms with Crippen LogP contribution >= 0.6 is 12.2 Å². The number of likely N-dealkylation sites (tertiary alicyclic amines) is 1. The van der Waals surface area contributed by atoms with Crippen molar-refractivity contribution < 1.29 is 4.79 Å². The van der Waals surface area contributed by atoms with Crippen molar-refractivity contribution in [2.24, 2.45) is 17.1 Å². The first-order chi connectivity index (χ1) is 8.97. The summed E-state index contributed by atoms with van der Waals surface area (Å²) in [5, 5.41) is 0. The standard InChI is InChI=1S/C15H26N2OS/c1-11-6-9-17(12(2)10-11)14(18)15(13(16)19)7-4-3-5-8-15/h11-12H,3-10H2,1-2H3,(H2,16,19). The van der Waals surface area contributed by atoms with Gasteiger partial charge in [0.2, 0.25) is 5.91 Å². The summed E-state index contributed by atoms with van der Waals surface area (Å²) >= 11 is 5.27. The van der Waals surface area contributed by atoms with E-state index in [4.69, 9.17) is 18.0 Å². The molecule has 0 aromatic rings. The van der Waals surface area contributed by atoms with Gasteiger partial charge in [-0.15, -0.1) is 0 Å². The van der Waals surface area contributed by atoms with Gasteiger partial charge in [0.1, 0.15) is 0 Å². The van der Waals surface area contributed by atoms with Gasteiger partial charge in [-0.05, 0) is 38.5 Å². The zero-order valence-corrected chi connectivity index (χ0v) is 13.0.